The summed E-state index contributed by atoms with van der Waals surface area (Å²) in [7, 11) is 1.58. The molecule has 0 bridgehead atoms. The van der Waals surface area contributed by atoms with Crippen LogP contribution in [0.1, 0.15) is 13.3 Å². The molecule has 6 heteroatoms. The molecule has 2 heterocycles. The first-order valence-corrected chi connectivity index (χ1v) is 4.84. The molecule has 0 saturated heterocycles. The van der Waals surface area contributed by atoms with Gasteiger partial charge < -0.3 is 15.0 Å². The summed E-state index contributed by atoms with van der Waals surface area (Å²) in [6, 6.07) is 0. The highest BCUT2D eigenvalue weighted by molar-refractivity contribution is 5.76. The summed E-state index contributed by atoms with van der Waals surface area (Å²) < 4.78 is 5.14. The van der Waals surface area contributed by atoms with Crippen LogP contribution in [0.4, 0.5) is 5.95 Å². The van der Waals surface area contributed by atoms with Crippen molar-refractivity contribution in [1.82, 2.24) is 19.9 Å². The number of anilines is 1. The summed E-state index contributed by atoms with van der Waals surface area (Å²) in [5.74, 6) is 1.06. The van der Waals surface area contributed by atoms with E-state index in [1.807, 2.05) is 0 Å². The van der Waals surface area contributed by atoms with Gasteiger partial charge in [0.2, 0.25) is 11.8 Å². The molecule has 0 saturated carbocycles. The van der Waals surface area contributed by atoms with Crippen LogP contribution in [0, 0.1) is 0 Å². The molecule has 0 radical (unpaired) electrons. The Kier molecular flexibility index (Phi) is 2.66. The molecule has 0 aliphatic carbocycles. The van der Waals surface area contributed by atoms with Crippen LogP contribution >= 0.6 is 0 Å². The monoisotopic (exact) mass is 207 g/mol. The molecule has 0 aliphatic heterocycles. The summed E-state index contributed by atoms with van der Waals surface area (Å²) in [5.41, 5.74) is 1.33. The highest BCUT2D eigenvalue weighted by Crippen LogP contribution is 2.19. The van der Waals surface area contributed by atoms with Crippen molar-refractivity contribution in [3.8, 4) is 5.88 Å². The van der Waals surface area contributed by atoms with Crippen molar-refractivity contribution >= 4 is 17.1 Å². The molecule has 15 heavy (non-hydrogen) atoms. The molecule has 0 atom stereocenters. The van der Waals surface area contributed by atoms with Gasteiger partial charge in [-0.2, -0.15) is 9.97 Å². The summed E-state index contributed by atoms with van der Waals surface area (Å²) >= 11 is 0. The zero-order valence-electron chi connectivity index (χ0n) is 8.74. The Morgan fingerprint density at radius 1 is 1.47 bits per heavy atom. The molecule has 6 nitrogen and oxygen atoms in total. The standard InChI is InChI=1S/C9H13N5O/c1-3-4-10-9-13-7-6(11-5-12-7)8(14-9)15-2/h5H,3-4H2,1-2H3,(H2,10,11,12,13,14). The Hall–Kier alpha value is -1.85. The molecule has 80 valence electrons. The Labute approximate surface area is 87.1 Å². The van der Waals surface area contributed by atoms with Gasteiger partial charge in [0.15, 0.2) is 5.65 Å². The molecular weight excluding hydrogens is 194 g/mol. The van der Waals surface area contributed by atoms with E-state index < -0.39 is 0 Å². The van der Waals surface area contributed by atoms with Gasteiger partial charge in [-0.25, -0.2) is 4.98 Å². The van der Waals surface area contributed by atoms with Crippen molar-refractivity contribution < 1.29 is 4.74 Å². The van der Waals surface area contributed by atoms with E-state index in [4.69, 9.17) is 4.74 Å². The number of aromatic amines is 1. The van der Waals surface area contributed by atoms with Crippen LogP contribution in [0.5, 0.6) is 5.88 Å². The van der Waals surface area contributed by atoms with E-state index in [0.717, 1.165) is 18.5 Å². The summed E-state index contributed by atoms with van der Waals surface area (Å²) in [4.78, 5) is 15.5. The lowest BCUT2D eigenvalue weighted by Crippen LogP contribution is -2.05. The van der Waals surface area contributed by atoms with Gasteiger partial charge in [0.25, 0.3) is 0 Å². The maximum atomic E-state index is 5.14. The highest BCUT2D eigenvalue weighted by atomic mass is 16.5. The molecule has 0 aliphatic rings. The second-order valence-corrected chi connectivity index (χ2v) is 3.08. The quantitative estimate of drug-likeness (QED) is 0.787. The number of H-pyrrole nitrogens is 1. The number of nitrogens with one attached hydrogen (secondary N) is 2. The fraction of sp³-hybridized carbons (Fsp3) is 0.444. The van der Waals surface area contributed by atoms with Crippen molar-refractivity contribution in [2.75, 3.05) is 19.0 Å². The van der Waals surface area contributed by atoms with Gasteiger partial charge in [0, 0.05) is 6.54 Å². The average Bonchev–Trinajstić information content (AvgIpc) is 2.73. The minimum absolute atomic E-state index is 0.510. The molecular formula is C9H13N5O. The lowest BCUT2D eigenvalue weighted by molar-refractivity contribution is 0.402. The van der Waals surface area contributed by atoms with E-state index in [-0.39, 0.29) is 0 Å². The Balaban J connectivity index is 2.40. The number of ether oxygens (including phenoxy) is 1. The van der Waals surface area contributed by atoms with E-state index in [2.05, 4.69) is 32.2 Å². The summed E-state index contributed by atoms with van der Waals surface area (Å²) in [6.45, 7) is 2.91. The van der Waals surface area contributed by atoms with Gasteiger partial charge in [-0.1, -0.05) is 6.92 Å². The predicted molar refractivity (Wildman–Crippen MR) is 57.0 cm³/mol. The molecule has 2 N–H and O–H groups in total. The van der Waals surface area contributed by atoms with Crippen LogP contribution < -0.4 is 10.1 Å². The van der Waals surface area contributed by atoms with Crippen molar-refractivity contribution in [2.45, 2.75) is 13.3 Å². The Morgan fingerprint density at radius 2 is 2.33 bits per heavy atom. The first kappa shape index (κ1) is 9.70. The van der Waals surface area contributed by atoms with Crippen LogP contribution in [0.3, 0.4) is 0 Å². The first-order valence-electron chi connectivity index (χ1n) is 4.84. The van der Waals surface area contributed by atoms with Crippen LogP contribution in [-0.2, 0) is 0 Å². The third-order valence-corrected chi connectivity index (χ3v) is 1.98. The van der Waals surface area contributed by atoms with Crippen LogP contribution in [0.15, 0.2) is 6.33 Å². The van der Waals surface area contributed by atoms with Gasteiger partial charge in [-0.3, -0.25) is 0 Å². The minimum Gasteiger partial charge on any atom is -0.479 e. The van der Waals surface area contributed by atoms with Gasteiger partial charge >= 0.3 is 0 Å². The first-order chi connectivity index (χ1) is 7.35. The molecule has 2 aromatic heterocycles. The summed E-state index contributed by atoms with van der Waals surface area (Å²) in [5, 5.41) is 3.09. The second kappa shape index (κ2) is 4.12. The Bertz CT molecular complexity index is 453. The lowest BCUT2D eigenvalue weighted by Gasteiger charge is -2.04. The topological polar surface area (TPSA) is 75.7 Å². The van der Waals surface area contributed by atoms with Gasteiger partial charge in [0.05, 0.1) is 13.4 Å². The zero-order chi connectivity index (χ0) is 10.7. The molecule has 0 fully saturated rings. The van der Waals surface area contributed by atoms with E-state index in [1.54, 1.807) is 13.4 Å². The van der Waals surface area contributed by atoms with Crippen molar-refractivity contribution in [3.05, 3.63) is 6.33 Å². The minimum atomic E-state index is 0.510. The maximum Gasteiger partial charge on any atom is 0.244 e. The van der Waals surface area contributed by atoms with Crippen LogP contribution in [0.25, 0.3) is 11.2 Å². The SMILES string of the molecule is CCCNc1nc(OC)c2[nH]cnc2n1. The number of methoxy groups -OCH3 is 1. The largest absolute Gasteiger partial charge is 0.479 e. The van der Waals surface area contributed by atoms with Crippen LogP contribution in [0.2, 0.25) is 0 Å². The average molecular weight is 207 g/mol. The molecule has 0 aromatic carbocycles. The number of imidazole rings is 1. The maximum absolute atomic E-state index is 5.14. The van der Waals surface area contributed by atoms with Gasteiger partial charge in [0.1, 0.15) is 5.52 Å². The molecule has 0 unspecified atom stereocenters. The number of hydrogen-bond acceptors (Lipinski definition) is 5. The second-order valence-electron chi connectivity index (χ2n) is 3.08. The van der Waals surface area contributed by atoms with Gasteiger partial charge in [-0.05, 0) is 6.42 Å². The van der Waals surface area contributed by atoms with E-state index in [1.165, 1.54) is 0 Å². The number of hydrogen-bond donors (Lipinski definition) is 2. The molecule has 0 amide bonds. The van der Waals surface area contributed by atoms with Gasteiger partial charge in [-0.15, -0.1) is 0 Å². The predicted octanol–water partition coefficient (Wildman–Crippen LogP) is 1.18. The van der Waals surface area contributed by atoms with E-state index >= 15 is 0 Å². The number of aromatic nitrogens is 4. The number of rotatable bonds is 4. The molecule has 0 spiro atoms. The zero-order valence-corrected chi connectivity index (χ0v) is 8.74. The van der Waals surface area contributed by atoms with Crippen molar-refractivity contribution in [1.29, 1.82) is 0 Å². The normalized spacial score (nSPS) is 10.5. The Morgan fingerprint density at radius 3 is 3.07 bits per heavy atom. The number of nitrogens with zero attached hydrogens (tertiary/aromatic N) is 3. The summed E-state index contributed by atoms with van der Waals surface area (Å²) in [6.07, 6.45) is 2.59. The smallest absolute Gasteiger partial charge is 0.244 e. The van der Waals surface area contributed by atoms with E-state index in [0.29, 0.717) is 17.5 Å². The van der Waals surface area contributed by atoms with Crippen molar-refractivity contribution in [3.63, 3.8) is 0 Å². The third kappa shape index (κ3) is 1.83. The fourth-order valence-corrected chi connectivity index (χ4v) is 1.27. The highest BCUT2D eigenvalue weighted by Gasteiger charge is 2.09. The third-order valence-electron chi connectivity index (χ3n) is 1.98. The van der Waals surface area contributed by atoms with Crippen LogP contribution in [-0.4, -0.2) is 33.6 Å². The fourth-order valence-electron chi connectivity index (χ4n) is 1.27. The molecule has 2 rings (SSSR count). The lowest BCUT2D eigenvalue weighted by atomic mass is 10.5. The molecule has 2 aromatic rings. The van der Waals surface area contributed by atoms with E-state index in [9.17, 15) is 0 Å². The number of fused-ring (bicyclic) bond motifs is 1. The van der Waals surface area contributed by atoms with Crippen molar-refractivity contribution in [2.24, 2.45) is 0 Å².